The van der Waals surface area contributed by atoms with Crippen LogP contribution in [0.25, 0.3) is 0 Å². The van der Waals surface area contributed by atoms with E-state index in [0.29, 0.717) is 0 Å². The van der Waals surface area contributed by atoms with Gasteiger partial charge in [0.25, 0.3) is 5.56 Å². The Morgan fingerprint density at radius 1 is 1.44 bits per heavy atom. The van der Waals surface area contributed by atoms with E-state index in [1.165, 1.54) is 23.5 Å². The SMILES string of the molecule is C[C@@H](C(=O)NC1CCCC1)n1cc(Br)ccc1=O. The van der Waals surface area contributed by atoms with Crippen molar-refractivity contribution in [1.29, 1.82) is 0 Å². The number of nitrogens with one attached hydrogen (secondary N) is 1. The minimum Gasteiger partial charge on any atom is -0.352 e. The number of halogens is 1. The van der Waals surface area contributed by atoms with Crippen LogP contribution in [0.3, 0.4) is 0 Å². The molecule has 1 N–H and O–H groups in total. The Kier molecular flexibility index (Phi) is 4.22. The Hall–Kier alpha value is -1.10. The van der Waals surface area contributed by atoms with E-state index in [1.54, 1.807) is 19.2 Å². The van der Waals surface area contributed by atoms with Gasteiger partial charge in [0.15, 0.2) is 0 Å². The van der Waals surface area contributed by atoms with Gasteiger partial charge >= 0.3 is 0 Å². The first kappa shape index (κ1) is 13.3. The van der Waals surface area contributed by atoms with Crippen molar-refractivity contribution in [2.45, 2.75) is 44.7 Å². The summed E-state index contributed by atoms with van der Waals surface area (Å²) in [4.78, 5) is 23.8. The number of amides is 1. The number of hydrogen-bond donors (Lipinski definition) is 1. The number of hydrogen-bond acceptors (Lipinski definition) is 2. The maximum absolute atomic E-state index is 12.1. The molecule has 4 nitrogen and oxygen atoms in total. The quantitative estimate of drug-likeness (QED) is 0.930. The van der Waals surface area contributed by atoms with E-state index in [1.807, 2.05) is 0 Å². The Labute approximate surface area is 115 Å². The van der Waals surface area contributed by atoms with Crippen molar-refractivity contribution < 1.29 is 4.79 Å². The summed E-state index contributed by atoms with van der Waals surface area (Å²) in [5, 5.41) is 3.01. The monoisotopic (exact) mass is 312 g/mol. The summed E-state index contributed by atoms with van der Waals surface area (Å²) in [6.07, 6.45) is 6.10. The fourth-order valence-electron chi connectivity index (χ4n) is 2.30. The van der Waals surface area contributed by atoms with Crippen LogP contribution < -0.4 is 10.9 Å². The Bertz CT molecular complexity index is 492. The molecule has 1 atom stereocenters. The summed E-state index contributed by atoms with van der Waals surface area (Å²) in [6, 6.07) is 2.95. The largest absolute Gasteiger partial charge is 0.352 e. The smallest absolute Gasteiger partial charge is 0.251 e. The summed E-state index contributed by atoms with van der Waals surface area (Å²) in [6.45, 7) is 1.75. The predicted molar refractivity (Wildman–Crippen MR) is 73.5 cm³/mol. The lowest BCUT2D eigenvalue weighted by Crippen LogP contribution is -2.39. The summed E-state index contributed by atoms with van der Waals surface area (Å²) >= 11 is 3.31. The average molecular weight is 313 g/mol. The van der Waals surface area contributed by atoms with Gasteiger partial charge in [-0.3, -0.25) is 9.59 Å². The molecule has 1 aromatic rings. The normalized spacial score (nSPS) is 17.7. The van der Waals surface area contributed by atoms with Crippen LogP contribution in [0.5, 0.6) is 0 Å². The summed E-state index contributed by atoms with van der Waals surface area (Å²) in [5.74, 6) is -0.0814. The molecule has 0 saturated heterocycles. The number of nitrogens with zero attached hydrogens (tertiary/aromatic N) is 1. The van der Waals surface area contributed by atoms with E-state index in [4.69, 9.17) is 0 Å². The molecule has 0 bridgehead atoms. The minimum atomic E-state index is -0.476. The van der Waals surface area contributed by atoms with Crippen LogP contribution in [0.2, 0.25) is 0 Å². The molecule has 0 radical (unpaired) electrons. The maximum atomic E-state index is 12.1. The third-order valence-corrected chi connectivity index (χ3v) is 3.87. The van der Waals surface area contributed by atoms with Gasteiger partial charge in [-0.2, -0.15) is 0 Å². The van der Waals surface area contributed by atoms with Gasteiger partial charge in [0.1, 0.15) is 6.04 Å². The first-order chi connectivity index (χ1) is 8.58. The van der Waals surface area contributed by atoms with E-state index in [2.05, 4.69) is 21.2 Å². The molecule has 18 heavy (non-hydrogen) atoms. The average Bonchev–Trinajstić information content (AvgIpc) is 2.84. The molecule has 2 rings (SSSR count). The summed E-state index contributed by atoms with van der Waals surface area (Å²) < 4.78 is 2.25. The number of carbonyl (C=O) groups excluding carboxylic acids is 1. The van der Waals surface area contributed by atoms with Crippen LogP contribution in [0.15, 0.2) is 27.6 Å². The van der Waals surface area contributed by atoms with Crippen LogP contribution in [0.1, 0.15) is 38.6 Å². The van der Waals surface area contributed by atoms with Crippen molar-refractivity contribution in [2.75, 3.05) is 0 Å². The highest BCUT2D eigenvalue weighted by molar-refractivity contribution is 9.10. The fraction of sp³-hybridized carbons (Fsp3) is 0.538. The Morgan fingerprint density at radius 2 is 2.11 bits per heavy atom. The Balaban J connectivity index is 2.09. The molecule has 1 saturated carbocycles. The van der Waals surface area contributed by atoms with Gasteiger partial charge in [-0.05, 0) is 41.8 Å². The van der Waals surface area contributed by atoms with Crippen LogP contribution in [0.4, 0.5) is 0 Å². The second-order valence-corrected chi connectivity index (χ2v) is 5.67. The fourth-order valence-corrected chi connectivity index (χ4v) is 2.65. The molecule has 1 heterocycles. The highest BCUT2D eigenvalue weighted by atomic mass is 79.9. The molecule has 0 spiro atoms. The van der Waals surface area contributed by atoms with E-state index in [0.717, 1.165) is 17.3 Å². The highest BCUT2D eigenvalue weighted by Gasteiger charge is 2.21. The molecule has 1 fully saturated rings. The summed E-state index contributed by atoms with van der Waals surface area (Å²) in [7, 11) is 0. The van der Waals surface area contributed by atoms with E-state index in [9.17, 15) is 9.59 Å². The maximum Gasteiger partial charge on any atom is 0.251 e. The molecule has 1 aromatic heterocycles. The van der Waals surface area contributed by atoms with Crippen molar-refractivity contribution in [2.24, 2.45) is 0 Å². The zero-order valence-corrected chi connectivity index (χ0v) is 11.9. The van der Waals surface area contributed by atoms with Gasteiger partial charge in [-0.25, -0.2) is 0 Å². The topological polar surface area (TPSA) is 51.1 Å². The van der Waals surface area contributed by atoms with Crippen molar-refractivity contribution in [3.05, 3.63) is 33.2 Å². The zero-order chi connectivity index (χ0) is 13.1. The van der Waals surface area contributed by atoms with Crippen LogP contribution in [0, 0.1) is 0 Å². The third-order valence-electron chi connectivity index (χ3n) is 3.40. The molecule has 0 unspecified atom stereocenters. The lowest BCUT2D eigenvalue weighted by Gasteiger charge is -2.18. The van der Waals surface area contributed by atoms with Gasteiger partial charge in [-0.1, -0.05) is 12.8 Å². The van der Waals surface area contributed by atoms with Crippen molar-refractivity contribution in [3.8, 4) is 0 Å². The zero-order valence-electron chi connectivity index (χ0n) is 10.4. The third kappa shape index (κ3) is 3.02. The van der Waals surface area contributed by atoms with Crippen LogP contribution >= 0.6 is 15.9 Å². The first-order valence-electron chi connectivity index (χ1n) is 6.26. The highest BCUT2D eigenvalue weighted by Crippen LogP contribution is 2.18. The van der Waals surface area contributed by atoms with Crippen molar-refractivity contribution in [3.63, 3.8) is 0 Å². The number of rotatable bonds is 3. The first-order valence-corrected chi connectivity index (χ1v) is 7.05. The number of pyridine rings is 1. The standard InChI is InChI=1S/C13H17BrN2O2/c1-9(13(18)15-11-4-2-3-5-11)16-8-10(14)6-7-12(16)17/h6-9,11H,2-5H2,1H3,(H,15,18)/t9-/m0/s1. The molecule has 0 aliphatic heterocycles. The van der Waals surface area contributed by atoms with Crippen molar-refractivity contribution in [1.82, 2.24) is 9.88 Å². The van der Waals surface area contributed by atoms with E-state index in [-0.39, 0.29) is 17.5 Å². The van der Waals surface area contributed by atoms with Gasteiger partial charge in [0, 0.05) is 22.8 Å². The van der Waals surface area contributed by atoms with Crippen molar-refractivity contribution >= 4 is 21.8 Å². The van der Waals surface area contributed by atoms with E-state index >= 15 is 0 Å². The molecule has 5 heteroatoms. The van der Waals surface area contributed by atoms with Gasteiger partial charge in [-0.15, -0.1) is 0 Å². The second-order valence-electron chi connectivity index (χ2n) is 4.76. The molecule has 0 aromatic carbocycles. The molecule has 98 valence electrons. The lowest BCUT2D eigenvalue weighted by atomic mass is 10.2. The molecule has 1 aliphatic carbocycles. The minimum absolute atomic E-state index is 0.0814. The van der Waals surface area contributed by atoms with E-state index < -0.39 is 6.04 Å². The van der Waals surface area contributed by atoms with Crippen LogP contribution in [-0.4, -0.2) is 16.5 Å². The van der Waals surface area contributed by atoms with Crippen LogP contribution in [-0.2, 0) is 4.79 Å². The predicted octanol–water partition coefficient (Wildman–Crippen LogP) is 2.23. The van der Waals surface area contributed by atoms with Gasteiger partial charge < -0.3 is 9.88 Å². The Morgan fingerprint density at radius 3 is 2.78 bits per heavy atom. The molecular weight excluding hydrogens is 296 g/mol. The molecule has 1 aliphatic rings. The second kappa shape index (κ2) is 5.69. The molecule has 1 amide bonds. The summed E-state index contributed by atoms with van der Waals surface area (Å²) in [5.41, 5.74) is -0.160. The number of aromatic nitrogens is 1. The molecular formula is C13H17BrN2O2. The van der Waals surface area contributed by atoms with Gasteiger partial charge in [0.05, 0.1) is 0 Å². The number of carbonyl (C=O) groups is 1. The van der Waals surface area contributed by atoms with Gasteiger partial charge in [0.2, 0.25) is 5.91 Å². The lowest BCUT2D eigenvalue weighted by molar-refractivity contribution is -0.124.